The molecule has 2 rings (SSSR count). The minimum absolute atomic E-state index is 0.285. The predicted molar refractivity (Wildman–Crippen MR) is 72.1 cm³/mol. The fraction of sp³-hybridized carbons (Fsp3) is 0.143. The second kappa shape index (κ2) is 5.87. The summed E-state index contributed by atoms with van der Waals surface area (Å²) in [6.45, 7) is 0. The summed E-state index contributed by atoms with van der Waals surface area (Å²) in [5.74, 6) is 1.53. The molecule has 0 fully saturated rings. The monoisotopic (exact) mass is 310 g/mol. The van der Waals surface area contributed by atoms with Gasteiger partial charge in [-0.1, -0.05) is 28.1 Å². The molecule has 0 bridgehead atoms. The zero-order valence-electron chi connectivity index (χ0n) is 9.82. The van der Waals surface area contributed by atoms with Gasteiger partial charge in [0.15, 0.2) is 0 Å². The van der Waals surface area contributed by atoms with Crippen LogP contribution < -0.4 is 9.47 Å². The lowest BCUT2D eigenvalue weighted by Gasteiger charge is -2.11. The van der Waals surface area contributed by atoms with Crippen molar-refractivity contribution in [2.45, 2.75) is 5.33 Å². The van der Waals surface area contributed by atoms with Gasteiger partial charge in [0.1, 0.15) is 23.1 Å². The van der Waals surface area contributed by atoms with E-state index in [1.54, 1.807) is 31.4 Å². The molecule has 0 amide bonds. The molecule has 0 N–H and O–H groups in total. The lowest BCUT2D eigenvalue weighted by Crippen LogP contribution is -1.93. The SMILES string of the molecule is COc1cccc(Oc2cccc(F)c2CBr)c1. The Morgan fingerprint density at radius 3 is 2.56 bits per heavy atom. The first-order valence-corrected chi connectivity index (χ1v) is 6.52. The minimum atomic E-state index is -0.285. The number of rotatable bonds is 4. The number of halogens is 2. The lowest BCUT2D eigenvalue weighted by atomic mass is 10.2. The van der Waals surface area contributed by atoms with Gasteiger partial charge in [-0.25, -0.2) is 4.39 Å². The second-order valence-corrected chi connectivity index (χ2v) is 4.19. The number of ether oxygens (including phenoxy) is 2. The first kappa shape index (κ1) is 12.9. The molecule has 0 aromatic heterocycles. The van der Waals surface area contributed by atoms with Gasteiger partial charge in [0.2, 0.25) is 0 Å². The van der Waals surface area contributed by atoms with E-state index < -0.39 is 0 Å². The van der Waals surface area contributed by atoms with Crippen LogP contribution in [0.25, 0.3) is 0 Å². The molecule has 2 aromatic rings. The smallest absolute Gasteiger partial charge is 0.134 e. The summed E-state index contributed by atoms with van der Waals surface area (Å²) in [4.78, 5) is 0. The Labute approximate surface area is 113 Å². The topological polar surface area (TPSA) is 18.5 Å². The molecule has 0 aliphatic heterocycles. The van der Waals surface area contributed by atoms with E-state index in [1.165, 1.54) is 6.07 Å². The van der Waals surface area contributed by atoms with Crippen molar-refractivity contribution in [3.8, 4) is 17.2 Å². The number of methoxy groups -OCH3 is 1. The van der Waals surface area contributed by atoms with Crippen molar-refractivity contribution in [1.82, 2.24) is 0 Å². The summed E-state index contributed by atoms with van der Waals surface area (Å²) in [6.07, 6.45) is 0. The lowest BCUT2D eigenvalue weighted by molar-refractivity contribution is 0.408. The largest absolute Gasteiger partial charge is 0.497 e. The molecular weight excluding hydrogens is 299 g/mol. The summed E-state index contributed by atoms with van der Waals surface area (Å²) in [5.41, 5.74) is 0.500. The molecule has 0 saturated heterocycles. The van der Waals surface area contributed by atoms with Crippen LogP contribution in [0.5, 0.6) is 17.2 Å². The zero-order chi connectivity index (χ0) is 13.0. The van der Waals surface area contributed by atoms with E-state index in [0.29, 0.717) is 28.1 Å². The van der Waals surface area contributed by atoms with Crippen LogP contribution in [0.1, 0.15) is 5.56 Å². The van der Waals surface area contributed by atoms with Gasteiger partial charge in [-0.3, -0.25) is 0 Å². The van der Waals surface area contributed by atoms with Gasteiger partial charge in [0.05, 0.1) is 7.11 Å². The molecule has 0 saturated carbocycles. The Morgan fingerprint density at radius 1 is 1.11 bits per heavy atom. The average Bonchev–Trinajstić information content (AvgIpc) is 2.39. The van der Waals surface area contributed by atoms with Gasteiger partial charge in [-0.05, 0) is 24.3 Å². The van der Waals surface area contributed by atoms with E-state index >= 15 is 0 Å². The third-order valence-electron chi connectivity index (χ3n) is 2.48. The highest BCUT2D eigenvalue weighted by Gasteiger charge is 2.09. The van der Waals surface area contributed by atoms with Gasteiger partial charge in [0, 0.05) is 17.0 Å². The second-order valence-electron chi connectivity index (χ2n) is 3.63. The van der Waals surface area contributed by atoms with Crippen LogP contribution in [0.2, 0.25) is 0 Å². The van der Waals surface area contributed by atoms with Gasteiger partial charge >= 0.3 is 0 Å². The van der Waals surface area contributed by atoms with Crippen molar-refractivity contribution in [2.75, 3.05) is 7.11 Å². The summed E-state index contributed by atoms with van der Waals surface area (Å²) in [7, 11) is 1.59. The molecule has 2 nitrogen and oxygen atoms in total. The Bertz CT molecular complexity index is 543. The summed E-state index contributed by atoms with van der Waals surface area (Å²) < 4.78 is 24.3. The van der Waals surface area contributed by atoms with E-state index in [9.17, 15) is 4.39 Å². The van der Waals surface area contributed by atoms with Crippen LogP contribution >= 0.6 is 15.9 Å². The highest BCUT2D eigenvalue weighted by molar-refractivity contribution is 9.08. The Hall–Kier alpha value is -1.55. The standard InChI is InChI=1S/C14H12BrFO2/c1-17-10-4-2-5-11(8-10)18-14-7-3-6-13(16)12(14)9-15/h2-8H,9H2,1H3. The predicted octanol–water partition coefficient (Wildman–Crippen LogP) is 4.52. The summed E-state index contributed by atoms with van der Waals surface area (Å²) in [6, 6.07) is 12.0. The van der Waals surface area contributed by atoms with Crippen LogP contribution in [0.15, 0.2) is 42.5 Å². The van der Waals surface area contributed by atoms with Gasteiger partial charge in [-0.2, -0.15) is 0 Å². The van der Waals surface area contributed by atoms with Crippen LogP contribution in [0, 0.1) is 5.82 Å². The molecular formula is C14H12BrFO2. The minimum Gasteiger partial charge on any atom is -0.497 e. The normalized spacial score (nSPS) is 10.2. The van der Waals surface area contributed by atoms with E-state index in [0.717, 1.165) is 0 Å². The Balaban J connectivity index is 2.30. The van der Waals surface area contributed by atoms with E-state index in [-0.39, 0.29) is 5.82 Å². The average molecular weight is 311 g/mol. The molecule has 0 unspecified atom stereocenters. The number of hydrogen-bond donors (Lipinski definition) is 0. The molecule has 18 heavy (non-hydrogen) atoms. The molecule has 0 aliphatic carbocycles. The van der Waals surface area contributed by atoms with Crippen molar-refractivity contribution in [1.29, 1.82) is 0 Å². The third kappa shape index (κ3) is 2.82. The maximum absolute atomic E-state index is 13.6. The van der Waals surface area contributed by atoms with Gasteiger partial charge in [-0.15, -0.1) is 0 Å². The van der Waals surface area contributed by atoms with Crippen molar-refractivity contribution in [3.05, 3.63) is 53.8 Å². The molecule has 0 radical (unpaired) electrons. The quantitative estimate of drug-likeness (QED) is 0.773. The number of hydrogen-bond acceptors (Lipinski definition) is 2. The molecule has 0 heterocycles. The van der Waals surface area contributed by atoms with Crippen LogP contribution in [-0.4, -0.2) is 7.11 Å². The highest BCUT2D eigenvalue weighted by Crippen LogP contribution is 2.30. The van der Waals surface area contributed by atoms with Crippen LogP contribution in [0.4, 0.5) is 4.39 Å². The third-order valence-corrected chi connectivity index (χ3v) is 3.04. The van der Waals surface area contributed by atoms with Gasteiger partial charge in [0.25, 0.3) is 0 Å². The van der Waals surface area contributed by atoms with Crippen LogP contribution in [0.3, 0.4) is 0 Å². The molecule has 0 aliphatic rings. The maximum atomic E-state index is 13.6. The van der Waals surface area contributed by atoms with E-state index in [1.807, 2.05) is 12.1 Å². The molecule has 94 valence electrons. The maximum Gasteiger partial charge on any atom is 0.134 e. The van der Waals surface area contributed by atoms with Gasteiger partial charge < -0.3 is 9.47 Å². The molecule has 0 atom stereocenters. The summed E-state index contributed by atoms with van der Waals surface area (Å²) in [5, 5.41) is 0.402. The highest BCUT2D eigenvalue weighted by atomic mass is 79.9. The Kier molecular flexibility index (Phi) is 4.20. The zero-order valence-corrected chi connectivity index (χ0v) is 11.4. The van der Waals surface area contributed by atoms with E-state index in [4.69, 9.17) is 9.47 Å². The summed E-state index contributed by atoms with van der Waals surface area (Å²) >= 11 is 3.26. The molecule has 2 aromatic carbocycles. The molecule has 4 heteroatoms. The number of alkyl halides is 1. The Morgan fingerprint density at radius 2 is 1.83 bits per heavy atom. The van der Waals surface area contributed by atoms with E-state index in [2.05, 4.69) is 15.9 Å². The fourth-order valence-electron chi connectivity index (χ4n) is 1.56. The number of benzene rings is 2. The van der Waals surface area contributed by atoms with Crippen molar-refractivity contribution in [3.63, 3.8) is 0 Å². The van der Waals surface area contributed by atoms with Crippen molar-refractivity contribution < 1.29 is 13.9 Å². The molecule has 0 spiro atoms. The van der Waals surface area contributed by atoms with Crippen molar-refractivity contribution >= 4 is 15.9 Å². The first-order valence-electron chi connectivity index (χ1n) is 5.40. The van der Waals surface area contributed by atoms with Crippen molar-refractivity contribution in [2.24, 2.45) is 0 Å². The van der Waals surface area contributed by atoms with Crippen LogP contribution in [-0.2, 0) is 5.33 Å². The first-order chi connectivity index (χ1) is 8.74. The fourth-order valence-corrected chi connectivity index (χ4v) is 2.10.